The minimum atomic E-state index is -1.14. The summed E-state index contributed by atoms with van der Waals surface area (Å²) in [5, 5.41) is 36.2. The van der Waals surface area contributed by atoms with Crippen LogP contribution in [0.15, 0.2) is 22.4 Å². The molecule has 32 heavy (non-hydrogen) atoms. The maximum Gasteiger partial charge on any atom is 0.353 e. The van der Waals surface area contributed by atoms with Crippen molar-refractivity contribution in [2.45, 2.75) is 44.2 Å². The van der Waals surface area contributed by atoms with Crippen LogP contribution in [0, 0.1) is 5.92 Å². The molecule has 0 bridgehead atoms. The molecule has 0 aliphatic carbocycles. The summed E-state index contributed by atoms with van der Waals surface area (Å²) >= 11 is 1.38. The molecule has 6 N–H and O–H groups in total. The number of aliphatic hydroxyl groups excluding tert-OH is 2. The molecule has 0 aromatic carbocycles. The number of nitrogens with two attached hydrogens (primary N) is 1. The summed E-state index contributed by atoms with van der Waals surface area (Å²) < 4.78 is 5.17. The molecule has 12 nitrogen and oxygen atoms in total. The van der Waals surface area contributed by atoms with E-state index in [9.17, 15) is 29.4 Å². The molecular formula is C19H25N3O9S. The van der Waals surface area contributed by atoms with Gasteiger partial charge in [-0.15, -0.1) is 11.8 Å². The van der Waals surface area contributed by atoms with Crippen molar-refractivity contribution in [1.29, 1.82) is 0 Å². The van der Waals surface area contributed by atoms with Crippen molar-refractivity contribution in [2.24, 2.45) is 11.7 Å². The molecule has 176 valence electrons. The Balaban J connectivity index is 0.000000186. The highest BCUT2D eigenvalue weighted by Crippen LogP contribution is 2.46. The molecule has 5 atom stereocenters. The minimum absolute atomic E-state index is 0.0698. The largest absolute Gasteiger partial charge is 0.479 e. The first kappa shape index (κ1) is 24.0. The van der Waals surface area contributed by atoms with E-state index in [2.05, 4.69) is 0 Å². The number of carbonyl (C=O) groups excluding carboxylic acids is 2. The molecule has 3 saturated heterocycles. The molecule has 13 heteroatoms. The van der Waals surface area contributed by atoms with Crippen molar-refractivity contribution in [3.05, 3.63) is 22.4 Å². The second-order valence-electron chi connectivity index (χ2n) is 7.57. The summed E-state index contributed by atoms with van der Waals surface area (Å²) in [5.74, 6) is -2.46. The highest BCUT2D eigenvalue weighted by atomic mass is 32.2. The number of rotatable bonds is 7. The van der Waals surface area contributed by atoms with Crippen LogP contribution in [0.4, 0.5) is 0 Å². The number of carboxylic acid groups (broad SMARTS) is 2. The van der Waals surface area contributed by atoms with E-state index >= 15 is 0 Å². The van der Waals surface area contributed by atoms with Gasteiger partial charge in [0.05, 0.1) is 31.1 Å². The average Bonchev–Trinajstić information content (AvgIpc) is 3.19. The van der Waals surface area contributed by atoms with Crippen LogP contribution in [0.2, 0.25) is 0 Å². The molecule has 0 spiro atoms. The number of aliphatic hydroxyl groups is 2. The lowest BCUT2D eigenvalue weighted by molar-refractivity contribution is -0.163. The maximum absolute atomic E-state index is 11.9. The SMILES string of the molecule is C[C@@H](O)[C@@H]1C(=O)N2C(C(=O)O)=C(SCCN)C[C@H]12.O=C(O)[C@H]1/C(=C/CO)O[C@@H]2CC(=O)N21. The Labute approximate surface area is 187 Å². The fourth-order valence-electron chi connectivity index (χ4n) is 4.20. The summed E-state index contributed by atoms with van der Waals surface area (Å²) in [6, 6.07) is -1.27. The molecule has 4 heterocycles. The van der Waals surface area contributed by atoms with Gasteiger partial charge in [0.15, 0.2) is 12.3 Å². The van der Waals surface area contributed by atoms with Gasteiger partial charge in [0.2, 0.25) is 11.8 Å². The second-order valence-corrected chi connectivity index (χ2v) is 8.76. The van der Waals surface area contributed by atoms with Crippen LogP contribution in [0.5, 0.6) is 0 Å². The second kappa shape index (κ2) is 9.48. The lowest BCUT2D eigenvalue weighted by atomic mass is 9.83. The molecule has 0 radical (unpaired) electrons. The number of amides is 2. The van der Waals surface area contributed by atoms with E-state index in [0.29, 0.717) is 23.6 Å². The maximum atomic E-state index is 11.9. The molecule has 4 aliphatic heterocycles. The quantitative estimate of drug-likeness (QED) is 0.271. The molecular weight excluding hydrogens is 446 g/mol. The Hall–Kier alpha value is -2.61. The first-order valence-electron chi connectivity index (χ1n) is 9.95. The van der Waals surface area contributed by atoms with Crippen molar-refractivity contribution < 1.29 is 44.3 Å². The zero-order chi connectivity index (χ0) is 23.7. The first-order chi connectivity index (χ1) is 15.1. The number of carboxylic acids is 2. The molecule has 4 aliphatic rings. The highest BCUT2D eigenvalue weighted by Gasteiger charge is 2.56. The van der Waals surface area contributed by atoms with Crippen molar-refractivity contribution >= 4 is 35.5 Å². The lowest BCUT2D eigenvalue weighted by Crippen LogP contribution is -2.61. The number of hydrogen-bond acceptors (Lipinski definition) is 9. The standard InChI is InChI=1S/C11H16N2O4S.C8H9NO5/c1-5(14)8-6-4-7(18-3-2-12)9(11(16)17)13(6)10(8)15;10-2-1-4-7(8(12)13)9-5(11)3-6(9)14-4/h5-6,8,14H,2-4,12H2,1H3,(H,16,17);1,6-7,10H,2-3H2,(H,12,13)/b;4-1-/t5-,6-,8+;6-,7-/m11/s1. The Morgan fingerprint density at radius 1 is 1.31 bits per heavy atom. The van der Waals surface area contributed by atoms with Crippen molar-refractivity contribution in [3.8, 4) is 0 Å². The number of aliphatic carboxylic acids is 2. The Morgan fingerprint density at radius 2 is 2.00 bits per heavy atom. The highest BCUT2D eigenvalue weighted by molar-refractivity contribution is 8.03. The summed E-state index contributed by atoms with van der Waals surface area (Å²) in [4.78, 5) is 48.1. The fraction of sp³-hybridized carbons (Fsp3) is 0.579. The van der Waals surface area contributed by atoms with Gasteiger partial charge in [-0.05, 0) is 13.0 Å². The van der Waals surface area contributed by atoms with E-state index in [0.717, 1.165) is 0 Å². The number of ether oxygens (including phenoxy) is 1. The Bertz CT molecular complexity index is 887. The van der Waals surface area contributed by atoms with Gasteiger partial charge in [0.25, 0.3) is 0 Å². The number of carbonyl (C=O) groups is 4. The molecule has 0 aromatic heterocycles. The summed E-state index contributed by atoms with van der Waals surface area (Å²) in [6.45, 7) is 1.72. The molecule has 0 saturated carbocycles. The van der Waals surface area contributed by atoms with E-state index in [1.165, 1.54) is 27.6 Å². The third kappa shape index (κ3) is 4.08. The molecule has 0 aromatic rings. The average molecular weight is 471 g/mol. The molecule has 2 amide bonds. The molecule has 3 fully saturated rings. The van der Waals surface area contributed by atoms with Crippen LogP contribution in [0.3, 0.4) is 0 Å². The van der Waals surface area contributed by atoms with Gasteiger partial charge in [0.1, 0.15) is 11.5 Å². The number of fused-ring (bicyclic) bond motifs is 2. The molecule has 4 rings (SSSR count). The van der Waals surface area contributed by atoms with Crippen LogP contribution in [-0.2, 0) is 23.9 Å². The normalized spacial score (nSPS) is 30.1. The van der Waals surface area contributed by atoms with Gasteiger partial charge in [0, 0.05) is 23.6 Å². The number of β-lactam (4-membered cyclic amide) rings is 2. The van der Waals surface area contributed by atoms with Gasteiger partial charge in [-0.2, -0.15) is 0 Å². The Morgan fingerprint density at radius 3 is 2.50 bits per heavy atom. The van der Waals surface area contributed by atoms with Crippen molar-refractivity contribution in [2.75, 3.05) is 18.9 Å². The predicted octanol–water partition coefficient (Wildman–Crippen LogP) is -1.51. The number of hydrogen-bond donors (Lipinski definition) is 5. The van der Waals surface area contributed by atoms with Crippen LogP contribution < -0.4 is 5.73 Å². The van der Waals surface area contributed by atoms with Crippen LogP contribution in [0.1, 0.15) is 19.8 Å². The predicted molar refractivity (Wildman–Crippen MR) is 110 cm³/mol. The number of thioether (sulfide) groups is 1. The zero-order valence-corrected chi connectivity index (χ0v) is 18.0. The summed E-state index contributed by atoms with van der Waals surface area (Å²) in [7, 11) is 0. The van der Waals surface area contributed by atoms with Crippen molar-refractivity contribution in [1.82, 2.24) is 9.80 Å². The smallest absolute Gasteiger partial charge is 0.353 e. The number of nitrogens with zero attached hydrogens (tertiary/aromatic N) is 2. The van der Waals surface area contributed by atoms with E-state index in [4.69, 9.17) is 20.7 Å². The molecule has 0 unspecified atom stereocenters. The lowest BCUT2D eigenvalue weighted by Gasteiger charge is -2.44. The summed E-state index contributed by atoms with van der Waals surface area (Å²) in [5.41, 5.74) is 5.47. The monoisotopic (exact) mass is 471 g/mol. The first-order valence-corrected chi connectivity index (χ1v) is 10.9. The van der Waals surface area contributed by atoms with Gasteiger partial charge < -0.3 is 35.8 Å². The van der Waals surface area contributed by atoms with Crippen LogP contribution >= 0.6 is 11.8 Å². The minimum Gasteiger partial charge on any atom is -0.479 e. The van der Waals surface area contributed by atoms with Crippen molar-refractivity contribution in [3.63, 3.8) is 0 Å². The van der Waals surface area contributed by atoms with E-state index in [1.807, 2.05) is 0 Å². The van der Waals surface area contributed by atoms with Crippen LogP contribution in [-0.4, -0.2) is 97.3 Å². The zero-order valence-electron chi connectivity index (χ0n) is 17.2. The van der Waals surface area contributed by atoms with Gasteiger partial charge >= 0.3 is 11.9 Å². The summed E-state index contributed by atoms with van der Waals surface area (Å²) in [6.07, 6.45) is 0.791. The topological polar surface area (TPSA) is 191 Å². The van der Waals surface area contributed by atoms with E-state index < -0.39 is 36.2 Å². The van der Waals surface area contributed by atoms with Gasteiger partial charge in [-0.3, -0.25) is 14.5 Å². The fourth-order valence-corrected chi connectivity index (χ4v) is 5.18. The van der Waals surface area contributed by atoms with Crippen LogP contribution in [0.25, 0.3) is 0 Å². The third-order valence-electron chi connectivity index (χ3n) is 5.58. The van der Waals surface area contributed by atoms with E-state index in [1.54, 1.807) is 6.92 Å². The van der Waals surface area contributed by atoms with Gasteiger partial charge in [-0.1, -0.05) is 0 Å². The van der Waals surface area contributed by atoms with Gasteiger partial charge in [-0.25, -0.2) is 9.59 Å². The van der Waals surface area contributed by atoms with E-state index in [-0.39, 0.29) is 42.3 Å². The third-order valence-corrected chi connectivity index (χ3v) is 6.73. The Kier molecular flexibility index (Phi) is 7.12.